The number of hydrogen-bond donors (Lipinski definition) is 1. The van der Waals surface area contributed by atoms with Gasteiger partial charge in [-0.2, -0.15) is 5.26 Å². The standard InChI is InChI=1S/C16H20N2O/c17-9-8-16(6-7-16)11-19-13-5-4-12-2-1-3-15(18)14(12)10-13/h4-5,10,15H,1-3,6-8,11,18H2/t15-/m1/s1. The van der Waals surface area contributed by atoms with Crippen molar-refractivity contribution in [3.63, 3.8) is 0 Å². The SMILES string of the molecule is N#CCC1(COc2ccc3c(c2)[C@H](N)CCC3)CC1. The molecule has 100 valence electrons. The number of nitrogens with zero attached hydrogens (tertiary/aromatic N) is 1. The van der Waals surface area contributed by atoms with Crippen molar-refractivity contribution < 1.29 is 4.74 Å². The van der Waals surface area contributed by atoms with Crippen molar-refractivity contribution in [3.8, 4) is 11.8 Å². The van der Waals surface area contributed by atoms with E-state index in [2.05, 4.69) is 18.2 Å². The van der Waals surface area contributed by atoms with Crippen molar-refractivity contribution in [2.75, 3.05) is 6.61 Å². The lowest BCUT2D eigenvalue weighted by Crippen LogP contribution is -2.18. The molecule has 0 spiro atoms. The molecule has 0 aliphatic heterocycles. The topological polar surface area (TPSA) is 59.0 Å². The van der Waals surface area contributed by atoms with E-state index in [4.69, 9.17) is 15.7 Å². The van der Waals surface area contributed by atoms with E-state index in [1.165, 1.54) is 17.5 Å². The number of fused-ring (bicyclic) bond motifs is 1. The molecule has 1 aromatic carbocycles. The summed E-state index contributed by atoms with van der Waals surface area (Å²) in [4.78, 5) is 0. The van der Waals surface area contributed by atoms with E-state index in [1.807, 2.05) is 6.07 Å². The van der Waals surface area contributed by atoms with Crippen LogP contribution in [0.4, 0.5) is 0 Å². The summed E-state index contributed by atoms with van der Waals surface area (Å²) in [5.74, 6) is 0.903. The molecule has 3 heteroatoms. The second-order valence-corrected chi connectivity index (χ2v) is 5.98. The van der Waals surface area contributed by atoms with Crippen LogP contribution in [0.1, 0.15) is 49.3 Å². The molecule has 0 radical (unpaired) electrons. The third-order valence-corrected chi connectivity index (χ3v) is 4.43. The first-order chi connectivity index (χ1) is 9.22. The highest BCUT2D eigenvalue weighted by molar-refractivity contribution is 5.39. The molecule has 2 N–H and O–H groups in total. The minimum Gasteiger partial charge on any atom is -0.493 e. The van der Waals surface area contributed by atoms with E-state index >= 15 is 0 Å². The van der Waals surface area contributed by atoms with Crippen LogP contribution in [0.2, 0.25) is 0 Å². The molecule has 1 atom stereocenters. The van der Waals surface area contributed by atoms with Crippen LogP contribution in [0.15, 0.2) is 18.2 Å². The quantitative estimate of drug-likeness (QED) is 0.900. The fourth-order valence-electron chi connectivity index (χ4n) is 2.86. The van der Waals surface area contributed by atoms with Gasteiger partial charge in [-0.05, 0) is 55.4 Å². The lowest BCUT2D eigenvalue weighted by Gasteiger charge is -2.23. The highest BCUT2D eigenvalue weighted by Crippen LogP contribution is 2.48. The maximum atomic E-state index is 8.81. The molecule has 0 heterocycles. The van der Waals surface area contributed by atoms with E-state index in [9.17, 15) is 0 Å². The van der Waals surface area contributed by atoms with Gasteiger partial charge in [-0.3, -0.25) is 0 Å². The number of benzene rings is 1. The Bertz CT molecular complexity index is 514. The van der Waals surface area contributed by atoms with Crippen LogP contribution in [0, 0.1) is 16.7 Å². The maximum Gasteiger partial charge on any atom is 0.119 e. The first-order valence-corrected chi connectivity index (χ1v) is 7.11. The summed E-state index contributed by atoms with van der Waals surface area (Å²) in [6.45, 7) is 0.661. The van der Waals surface area contributed by atoms with Crippen LogP contribution in [0.5, 0.6) is 5.75 Å². The van der Waals surface area contributed by atoms with E-state index in [0.29, 0.717) is 13.0 Å². The van der Waals surface area contributed by atoms with Crippen molar-refractivity contribution >= 4 is 0 Å². The lowest BCUT2D eigenvalue weighted by atomic mass is 9.88. The van der Waals surface area contributed by atoms with Gasteiger partial charge in [-0.15, -0.1) is 0 Å². The smallest absolute Gasteiger partial charge is 0.119 e. The molecule has 0 saturated heterocycles. The molecule has 1 saturated carbocycles. The Labute approximate surface area is 114 Å². The molecule has 19 heavy (non-hydrogen) atoms. The fourth-order valence-corrected chi connectivity index (χ4v) is 2.86. The first kappa shape index (κ1) is 12.5. The number of ether oxygens (including phenoxy) is 1. The van der Waals surface area contributed by atoms with Crippen LogP contribution in [-0.2, 0) is 6.42 Å². The van der Waals surface area contributed by atoms with Gasteiger partial charge in [-0.25, -0.2) is 0 Å². The number of rotatable bonds is 4. The second kappa shape index (κ2) is 4.86. The monoisotopic (exact) mass is 256 g/mol. The molecular formula is C16H20N2O. The van der Waals surface area contributed by atoms with Crippen LogP contribution in [0.25, 0.3) is 0 Å². The van der Waals surface area contributed by atoms with Gasteiger partial charge >= 0.3 is 0 Å². The Balaban J connectivity index is 1.69. The molecule has 0 amide bonds. The van der Waals surface area contributed by atoms with Gasteiger partial charge < -0.3 is 10.5 Å². The van der Waals surface area contributed by atoms with Crippen LogP contribution < -0.4 is 10.5 Å². The zero-order valence-electron chi connectivity index (χ0n) is 11.2. The van der Waals surface area contributed by atoms with E-state index in [0.717, 1.165) is 31.4 Å². The van der Waals surface area contributed by atoms with Gasteiger partial charge in [0, 0.05) is 17.9 Å². The van der Waals surface area contributed by atoms with Gasteiger partial charge in [0.2, 0.25) is 0 Å². The molecule has 1 fully saturated rings. The zero-order chi connectivity index (χ0) is 13.3. The summed E-state index contributed by atoms with van der Waals surface area (Å²) in [5, 5.41) is 8.81. The average Bonchev–Trinajstić information content (AvgIpc) is 3.18. The van der Waals surface area contributed by atoms with Crippen LogP contribution in [0.3, 0.4) is 0 Å². The summed E-state index contributed by atoms with van der Waals surface area (Å²) >= 11 is 0. The Kier molecular flexibility index (Phi) is 3.20. The third-order valence-electron chi connectivity index (χ3n) is 4.43. The Morgan fingerprint density at radius 3 is 3.00 bits per heavy atom. The molecular weight excluding hydrogens is 236 g/mol. The summed E-state index contributed by atoms with van der Waals surface area (Å²) in [6, 6.07) is 8.70. The predicted octanol–water partition coefficient (Wildman–Crippen LogP) is 3.10. The molecule has 0 unspecified atom stereocenters. The van der Waals surface area contributed by atoms with E-state index < -0.39 is 0 Å². The zero-order valence-corrected chi connectivity index (χ0v) is 11.2. The highest BCUT2D eigenvalue weighted by Gasteiger charge is 2.43. The van der Waals surface area contributed by atoms with Crippen molar-refractivity contribution in [3.05, 3.63) is 29.3 Å². The normalized spacial score (nSPS) is 23.3. The minimum absolute atomic E-state index is 0.132. The van der Waals surface area contributed by atoms with Gasteiger partial charge in [0.1, 0.15) is 5.75 Å². The average molecular weight is 256 g/mol. The van der Waals surface area contributed by atoms with Crippen molar-refractivity contribution in [2.24, 2.45) is 11.1 Å². The highest BCUT2D eigenvalue weighted by atomic mass is 16.5. The molecule has 2 aliphatic rings. The number of aryl methyl sites for hydroxylation is 1. The van der Waals surface area contributed by atoms with Crippen molar-refractivity contribution in [1.29, 1.82) is 5.26 Å². The molecule has 3 rings (SSSR count). The van der Waals surface area contributed by atoms with Gasteiger partial charge in [0.25, 0.3) is 0 Å². The minimum atomic E-state index is 0.132. The van der Waals surface area contributed by atoms with Crippen LogP contribution >= 0.6 is 0 Å². The Hall–Kier alpha value is -1.53. The third kappa shape index (κ3) is 2.59. The molecule has 3 nitrogen and oxygen atoms in total. The van der Waals surface area contributed by atoms with Crippen molar-refractivity contribution in [2.45, 2.75) is 44.6 Å². The predicted molar refractivity (Wildman–Crippen MR) is 73.7 cm³/mol. The summed E-state index contributed by atoms with van der Waals surface area (Å²) in [5.41, 5.74) is 8.90. The Morgan fingerprint density at radius 2 is 2.26 bits per heavy atom. The summed E-state index contributed by atoms with van der Waals surface area (Å²) < 4.78 is 5.89. The molecule has 1 aromatic rings. The summed E-state index contributed by atoms with van der Waals surface area (Å²) in [7, 11) is 0. The van der Waals surface area contributed by atoms with Crippen LogP contribution in [-0.4, -0.2) is 6.61 Å². The Morgan fingerprint density at radius 1 is 1.42 bits per heavy atom. The molecule has 0 bridgehead atoms. The van der Waals surface area contributed by atoms with Crippen molar-refractivity contribution in [1.82, 2.24) is 0 Å². The molecule has 0 aromatic heterocycles. The molecule has 2 aliphatic carbocycles. The lowest BCUT2D eigenvalue weighted by molar-refractivity contribution is 0.236. The number of nitrogens with two attached hydrogens (primary N) is 1. The van der Waals surface area contributed by atoms with Gasteiger partial charge in [0.15, 0.2) is 0 Å². The van der Waals surface area contributed by atoms with Gasteiger partial charge in [0.05, 0.1) is 12.7 Å². The first-order valence-electron chi connectivity index (χ1n) is 7.11. The number of nitriles is 1. The largest absolute Gasteiger partial charge is 0.493 e. The fraction of sp³-hybridized carbons (Fsp3) is 0.562. The second-order valence-electron chi connectivity index (χ2n) is 5.98. The maximum absolute atomic E-state index is 8.81. The summed E-state index contributed by atoms with van der Waals surface area (Å²) in [6.07, 6.45) is 6.21. The van der Waals surface area contributed by atoms with Gasteiger partial charge in [-0.1, -0.05) is 6.07 Å². The number of hydrogen-bond acceptors (Lipinski definition) is 3. The van der Waals surface area contributed by atoms with E-state index in [1.54, 1.807) is 0 Å². The van der Waals surface area contributed by atoms with E-state index in [-0.39, 0.29) is 11.5 Å².